The van der Waals surface area contributed by atoms with E-state index in [1.165, 1.54) is 12.0 Å². The number of hydrogen-bond donors (Lipinski definition) is 1. The molecule has 2 aliphatic heterocycles. The Bertz CT molecular complexity index is 840. The molecule has 0 radical (unpaired) electrons. The van der Waals surface area contributed by atoms with Gasteiger partial charge in [-0.05, 0) is 30.2 Å². The molecule has 29 heavy (non-hydrogen) atoms. The van der Waals surface area contributed by atoms with Gasteiger partial charge in [-0.1, -0.05) is 53.5 Å². The third kappa shape index (κ3) is 5.23. The minimum Gasteiger partial charge on any atom is -0.322 e. The summed E-state index contributed by atoms with van der Waals surface area (Å²) in [6.45, 7) is 6.56. The Hall–Kier alpha value is -1.79. The second-order valence-electron chi connectivity index (χ2n) is 7.75. The zero-order valence-corrected chi connectivity index (χ0v) is 17.9. The zero-order chi connectivity index (χ0) is 20.2. The van der Waals surface area contributed by atoms with Crippen LogP contribution in [0.15, 0.2) is 48.5 Å². The molecule has 1 unspecified atom stereocenters. The van der Waals surface area contributed by atoms with Gasteiger partial charge in [-0.25, -0.2) is 4.79 Å². The molecular formula is C22H26Cl2N4O. The second kappa shape index (κ2) is 9.35. The highest BCUT2D eigenvalue weighted by molar-refractivity contribution is 6.42. The number of nitrogens with zero attached hydrogens (tertiary/aromatic N) is 3. The number of carbonyl (C=O) groups excluding carboxylic acids is 1. The highest BCUT2D eigenvalue weighted by atomic mass is 35.5. The quantitative estimate of drug-likeness (QED) is 0.776. The van der Waals surface area contributed by atoms with Crippen LogP contribution in [0.3, 0.4) is 0 Å². The molecule has 1 N–H and O–H groups in total. The molecule has 2 aromatic rings. The normalized spacial score (nSPS) is 20.8. The molecule has 0 aliphatic carbocycles. The monoisotopic (exact) mass is 432 g/mol. The van der Waals surface area contributed by atoms with Gasteiger partial charge in [-0.3, -0.25) is 9.80 Å². The van der Waals surface area contributed by atoms with Crippen LogP contribution in [0.1, 0.15) is 12.0 Å². The second-order valence-corrected chi connectivity index (χ2v) is 8.56. The zero-order valence-electron chi connectivity index (χ0n) is 16.4. The first kappa shape index (κ1) is 20.5. The Morgan fingerprint density at radius 1 is 0.966 bits per heavy atom. The topological polar surface area (TPSA) is 38.8 Å². The highest BCUT2D eigenvalue weighted by Gasteiger charge is 2.31. The summed E-state index contributed by atoms with van der Waals surface area (Å²) in [6.07, 6.45) is 1.20. The van der Waals surface area contributed by atoms with E-state index in [2.05, 4.69) is 45.4 Å². The molecule has 7 heteroatoms. The van der Waals surface area contributed by atoms with Gasteiger partial charge in [0.1, 0.15) is 0 Å². The fraction of sp³-hybridized carbons (Fsp3) is 0.409. The van der Waals surface area contributed by atoms with Crippen LogP contribution in [-0.4, -0.2) is 66.0 Å². The minimum atomic E-state index is -0.0832. The van der Waals surface area contributed by atoms with Crippen molar-refractivity contribution in [1.29, 1.82) is 0 Å². The summed E-state index contributed by atoms with van der Waals surface area (Å²) in [5.74, 6) is 0. The average Bonchev–Trinajstić information content (AvgIpc) is 3.20. The van der Waals surface area contributed by atoms with Crippen LogP contribution in [0, 0.1) is 0 Å². The number of likely N-dealkylation sites (tertiary alicyclic amines) is 1. The van der Waals surface area contributed by atoms with Crippen molar-refractivity contribution in [3.05, 3.63) is 64.1 Å². The lowest BCUT2D eigenvalue weighted by molar-refractivity contribution is 0.114. The number of rotatable bonds is 4. The lowest BCUT2D eigenvalue weighted by Crippen LogP contribution is -2.53. The summed E-state index contributed by atoms with van der Waals surface area (Å²) >= 11 is 12.0. The van der Waals surface area contributed by atoms with Crippen molar-refractivity contribution < 1.29 is 4.79 Å². The predicted octanol–water partition coefficient (Wildman–Crippen LogP) is 4.42. The highest BCUT2D eigenvalue weighted by Crippen LogP contribution is 2.25. The Morgan fingerprint density at radius 2 is 1.72 bits per heavy atom. The number of urea groups is 1. The van der Waals surface area contributed by atoms with Crippen LogP contribution in [0.25, 0.3) is 0 Å². The summed E-state index contributed by atoms with van der Waals surface area (Å²) < 4.78 is 0. The smallest absolute Gasteiger partial charge is 0.321 e. The first-order valence-corrected chi connectivity index (χ1v) is 10.9. The van der Waals surface area contributed by atoms with Gasteiger partial charge < -0.3 is 10.2 Å². The van der Waals surface area contributed by atoms with E-state index < -0.39 is 0 Å². The first-order valence-electron chi connectivity index (χ1n) is 10.1. The van der Waals surface area contributed by atoms with Gasteiger partial charge in [0.05, 0.1) is 10.0 Å². The molecule has 154 valence electrons. The lowest BCUT2D eigenvalue weighted by Gasteiger charge is -2.38. The van der Waals surface area contributed by atoms with Gasteiger partial charge in [-0.2, -0.15) is 0 Å². The summed E-state index contributed by atoms with van der Waals surface area (Å²) in [7, 11) is 0. The predicted molar refractivity (Wildman–Crippen MR) is 119 cm³/mol. The number of benzene rings is 2. The Labute approximate surface area is 182 Å². The fourth-order valence-corrected chi connectivity index (χ4v) is 4.46. The Morgan fingerprint density at radius 3 is 2.45 bits per heavy atom. The number of hydrogen-bond acceptors (Lipinski definition) is 3. The number of anilines is 1. The van der Waals surface area contributed by atoms with Crippen LogP contribution in [0.2, 0.25) is 10.0 Å². The SMILES string of the molecule is O=C(Nc1ccc(Cl)c(Cl)c1)N1CCN(C2CCN(Cc3ccccc3)C2)CC1. The standard InChI is InChI=1S/C22H26Cl2N4O/c23-20-7-6-18(14-21(20)24)25-22(29)28-12-10-27(11-13-28)19-8-9-26(16-19)15-17-4-2-1-3-5-17/h1-7,14,19H,8-13,15-16H2,(H,25,29). The molecule has 2 aliphatic rings. The third-order valence-corrected chi connectivity index (χ3v) is 6.52. The number of halogens is 2. The lowest BCUT2D eigenvalue weighted by atomic mass is 10.2. The fourth-order valence-electron chi connectivity index (χ4n) is 4.16. The van der Waals surface area contributed by atoms with Gasteiger partial charge in [0.2, 0.25) is 0 Å². The van der Waals surface area contributed by atoms with Gasteiger partial charge in [-0.15, -0.1) is 0 Å². The Kier molecular flexibility index (Phi) is 6.60. The van der Waals surface area contributed by atoms with Crippen molar-refractivity contribution in [1.82, 2.24) is 14.7 Å². The molecule has 2 heterocycles. The first-order chi connectivity index (χ1) is 14.1. The van der Waals surface area contributed by atoms with Gasteiger partial charge in [0.25, 0.3) is 0 Å². The molecule has 0 aromatic heterocycles. The van der Waals surface area contributed by atoms with Crippen LogP contribution in [0.4, 0.5) is 10.5 Å². The van der Waals surface area contributed by atoms with E-state index in [4.69, 9.17) is 23.2 Å². The molecule has 0 saturated carbocycles. The van der Waals surface area contributed by atoms with Crippen molar-refractivity contribution in [3.63, 3.8) is 0 Å². The van der Waals surface area contributed by atoms with Crippen LogP contribution < -0.4 is 5.32 Å². The largest absolute Gasteiger partial charge is 0.322 e. The van der Waals surface area contributed by atoms with E-state index in [1.807, 2.05) is 4.90 Å². The molecule has 2 saturated heterocycles. The third-order valence-electron chi connectivity index (χ3n) is 5.79. The van der Waals surface area contributed by atoms with E-state index in [0.29, 0.717) is 21.8 Å². The minimum absolute atomic E-state index is 0.0832. The van der Waals surface area contributed by atoms with Crippen LogP contribution in [0.5, 0.6) is 0 Å². The van der Waals surface area contributed by atoms with Crippen LogP contribution >= 0.6 is 23.2 Å². The van der Waals surface area contributed by atoms with E-state index >= 15 is 0 Å². The summed E-state index contributed by atoms with van der Waals surface area (Å²) in [6, 6.07) is 16.3. The van der Waals surface area contributed by atoms with E-state index in [0.717, 1.165) is 45.8 Å². The van der Waals surface area contributed by atoms with Crippen molar-refractivity contribution >= 4 is 34.9 Å². The number of nitrogens with one attached hydrogen (secondary N) is 1. The van der Waals surface area contributed by atoms with Crippen molar-refractivity contribution in [3.8, 4) is 0 Å². The number of amides is 2. The van der Waals surface area contributed by atoms with E-state index in [-0.39, 0.29) is 6.03 Å². The summed E-state index contributed by atoms with van der Waals surface area (Å²) in [5, 5.41) is 3.84. The maximum atomic E-state index is 12.6. The molecule has 2 amide bonds. The molecule has 0 bridgehead atoms. The molecule has 5 nitrogen and oxygen atoms in total. The van der Waals surface area contributed by atoms with Gasteiger partial charge in [0.15, 0.2) is 0 Å². The van der Waals surface area contributed by atoms with Gasteiger partial charge >= 0.3 is 6.03 Å². The molecule has 2 aromatic carbocycles. The maximum Gasteiger partial charge on any atom is 0.321 e. The van der Waals surface area contributed by atoms with Crippen molar-refractivity contribution in [2.75, 3.05) is 44.6 Å². The van der Waals surface area contributed by atoms with Gasteiger partial charge in [0, 0.05) is 57.5 Å². The molecular weight excluding hydrogens is 407 g/mol. The molecule has 0 spiro atoms. The van der Waals surface area contributed by atoms with E-state index in [1.54, 1.807) is 18.2 Å². The van der Waals surface area contributed by atoms with Crippen molar-refractivity contribution in [2.24, 2.45) is 0 Å². The molecule has 1 atom stereocenters. The maximum absolute atomic E-state index is 12.6. The molecule has 4 rings (SSSR count). The van der Waals surface area contributed by atoms with Crippen LogP contribution in [-0.2, 0) is 6.54 Å². The number of piperazine rings is 1. The van der Waals surface area contributed by atoms with Crippen molar-refractivity contribution in [2.45, 2.75) is 19.0 Å². The Balaban J connectivity index is 1.24. The average molecular weight is 433 g/mol. The summed E-state index contributed by atoms with van der Waals surface area (Å²) in [5.41, 5.74) is 2.04. The summed E-state index contributed by atoms with van der Waals surface area (Å²) in [4.78, 5) is 19.5. The van der Waals surface area contributed by atoms with E-state index in [9.17, 15) is 4.79 Å². The molecule has 2 fully saturated rings. The number of carbonyl (C=O) groups is 1.